The molecule has 0 fully saturated rings. The van der Waals surface area contributed by atoms with Gasteiger partial charge in [-0.25, -0.2) is 4.79 Å². The van der Waals surface area contributed by atoms with Gasteiger partial charge in [0.2, 0.25) is 0 Å². The number of ether oxygens (including phenoxy) is 1. The fourth-order valence-corrected chi connectivity index (χ4v) is 3.25. The molecule has 0 bridgehead atoms. The molecule has 0 unspecified atom stereocenters. The van der Waals surface area contributed by atoms with E-state index < -0.39 is 0 Å². The van der Waals surface area contributed by atoms with Gasteiger partial charge in [0.25, 0.3) is 0 Å². The summed E-state index contributed by atoms with van der Waals surface area (Å²) in [5, 5.41) is 3.46. The van der Waals surface area contributed by atoms with Gasteiger partial charge in [0.05, 0.1) is 13.2 Å². The highest BCUT2D eigenvalue weighted by Gasteiger charge is 2.15. The normalized spacial score (nSPS) is 11.5. The molecule has 9 heteroatoms. The number of hydrogen-bond donors (Lipinski definition) is 3. The number of aromatic amines is 1. The minimum atomic E-state index is -0.270. The van der Waals surface area contributed by atoms with Crippen LogP contribution in [0.3, 0.4) is 0 Å². The van der Waals surface area contributed by atoms with Gasteiger partial charge < -0.3 is 25.7 Å². The van der Waals surface area contributed by atoms with Crippen LogP contribution >= 0.6 is 0 Å². The van der Waals surface area contributed by atoms with E-state index in [0.29, 0.717) is 24.3 Å². The van der Waals surface area contributed by atoms with E-state index in [1.165, 1.54) is 5.56 Å². The predicted octanol–water partition coefficient (Wildman–Crippen LogP) is 1.97. The molecule has 1 aromatic carbocycles. The van der Waals surface area contributed by atoms with Crippen molar-refractivity contribution in [1.29, 1.82) is 0 Å². The SMILES string of the molecule is CCCCOc1nc(N)c2[nH]c(=O)n(Cc3ccc(CNCCCN(C)C)cc3)c2n1. The van der Waals surface area contributed by atoms with Gasteiger partial charge in [0, 0.05) is 6.54 Å². The van der Waals surface area contributed by atoms with E-state index in [4.69, 9.17) is 10.5 Å². The molecule has 168 valence electrons. The summed E-state index contributed by atoms with van der Waals surface area (Å²) in [6.07, 6.45) is 3.02. The van der Waals surface area contributed by atoms with Crippen LogP contribution in [0.5, 0.6) is 6.01 Å². The molecular weight excluding hydrogens is 394 g/mol. The number of unbranched alkanes of at least 4 members (excludes halogenated alkanes) is 1. The van der Waals surface area contributed by atoms with Gasteiger partial charge in [-0.1, -0.05) is 37.6 Å². The van der Waals surface area contributed by atoms with Crippen LogP contribution in [0.1, 0.15) is 37.3 Å². The first-order chi connectivity index (χ1) is 15.0. The molecule has 2 heterocycles. The molecule has 0 aliphatic rings. The van der Waals surface area contributed by atoms with Crippen molar-refractivity contribution in [2.24, 2.45) is 0 Å². The molecule has 0 spiro atoms. The maximum atomic E-state index is 12.5. The molecule has 0 saturated heterocycles. The van der Waals surface area contributed by atoms with E-state index in [1.807, 2.05) is 12.1 Å². The van der Waals surface area contributed by atoms with E-state index in [2.05, 4.69) is 58.3 Å². The minimum Gasteiger partial charge on any atom is -0.463 e. The molecule has 2 aromatic heterocycles. The Morgan fingerprint density at radius 1 is 1.16 bits per heavy atom. The number of rotatable bonds is 12. The topological polar surface area (TPSA) is 114 Å². The summed E-state index contributed by atoms with van der Waals surface area (Å²) in [6.45, 7) is 5.86. The van der Waals surface area contributed by atoms with Crippen molar-refractivity contribution < 1.29 is 4.74 Å². The predicted molar refractivity (Wildman–Crippen MR) is 123 cm³/mol. The highest BCUT2D eigenvalue weighted by Crippen LogP contribution is 2.19. The molecular formula is C22H33N7O2. The number of nitrogens with zero attached hydrogens (tertiary/aromatic N) is 4. The maximum Gasteiger partial charge on any atom is 0.328 e. The summed E-state index contributed by atoms with van der Waals surface area (Å²) in [4.78, 5) is 26.0. The minimum absolute atomic E-state index is 0.196. The molecule has 0 radical (unpaired) electrons. The third-order valence-corrected chi connectivity index (χ3v) is 5.01. The number of hydrogen-bond acceptors (Lipinski definition) is 7. The second-order valence-electron chi connectivity index (χ2n) is 7.96. The highest BCUT2D eigenvalue weighted by molar-refractivity contribution is 5.81. The zero-order valence-electron chi connectivity index (χ0n) is 18.6. The van der Waals surface area contributed by atoms with Crippen LogP contribution in [0, 0.1) is 0 Å². The summed E-state index contributed by atoms with van der Waals surface area (Å²) in [7, 11) is 4.16. The lowest BCUT2D eigenvalue weighted by Gasteiger charge is -2.10. The number of nitrogens with two attached hydrogens (primary N) is 1. The first kappa shape index (κ1) is 22.8. The van der Waals surface area contributed by atoms with Gasteiger partial charge in [-0.05, 0) is 51.2 Å². The zero-order chi connectivity index (χ0) is 22.2. The van der Waals surface area contributed by atoms with Crippen molar-refractivity contribution in [3.63, 3.8) is 0 Å². The van der Waals surface area contributed by atoms with Crippen LogP contribution in [-0.2, 0) is 13.1 Å². The third kappa shape index (κ3) is 6.28. The average Bonchev–Trinajstić information content (AvgIpc) is 3.05. The summed E-state index contributed by atoms with van der Waals surface area (Å²) >= 11 is 0. The quantitative estimate of drug-likeness (QED) is 0.379. The van der Waals surface area contributed by atoms with E-state index >= 15 is 0 Å². The lowest BCUT2D eigenvalue weighted by atomic mass is 10.1. The number of benzene rings is 1. The van der Waals surface area contributed by atoms with Crippen LogP contribution in [0.4, 0.5) is 5.82 Å². The van der Waals surface area contributed by atoms with E-state index in [-0.39, 0.29) is 17.5 Å². The Kier molecular flexibility index (Phi) is 8.02. The summed E-state index contributed by atoms with van der Waals surface area (Å²) in [5.41, 5.74) is 8.85. The first-order valence-corrected chi connectivity index (χ1v) is 10.8. The monoisotopic (exact) mass is 427 g/mol. The molecule has 0 aliphatic carbocycles. The van der Waals surface area contributed by atoms with E-state index in [0.717, 1.165) is 44.5 Å². The Hall–Kier alpha value is -2.91. The van der Waals surface area contributed by atoms with Crippen molar-refractivity contribution in [1.82, 2.24) is 29.7 Å². The van der Waals surface area contributed by atoms with Gasteiger partial charge in [0.15, 0.2) is 11.5 Å². The number of nitrogen functional groups attached to an aromatic ring is 1. The second kappa shape index (κ2) is 10.9. The molecule has 3 aromatic rings. The third-order valence-electron chi connectivity index (χ3n) is 5.01. The zero-order valence-corrected chi connectivity index (χ0v) is 18.6. The molecule has 0 atom stereocenters. The molecule has 0 saturated carbocycles. The second-order valence-corrected chi connectivity index (χ2v) is 7.96. The van der Waals surface area contributed by atoms with Crippen LogP contribution in [0.25, 0.3) is 11.2 Å². The fourth-order valence-electron chi connectivity index (χ4n) is 3.25. The highest BCUT2D eigenvalue weighted by atomic mass is 16.5. The smallest absolute Gasteiger partial charge is 0.328 e. The molecule has 3 rings (SSSR count). The Morgan fingerprint density at radius 2 is 1.90 bits per heavy atom. The molecule has 9 nitrogen and oxygen atoms in total. The van der Waals surface area contributed by atoms with Crippen molar-refractivity contribution >= 4 is 17.0 Å². The Bertz CT molecular complexity index is 1020. The van der Waals surface area contributed by atoms with Crippen molar-refractivity contribution in [3.8, 4) is 6.01 Å². The van der Waals surface area contributed by atoms with Crippen LogP contribution in [0.15, 0.2) is 29.1 Å². The van der Waals surface area contributed by atoms with E-state index in [1.54, 1.807) is 4.57 Å². The maximum absolute atomic E-state index is 12.5. The van der Waals surface area contributed by atoms with Crippen molar-refractivity contribution in [2.45, 2.75) is 39.3 Å². The number of aromatic nitrogens is 4. The van der Waals surface area contributed by atoms with Crippen LogP contribution < -0.4 is 21.5 Å². The number of fused-ring (bicyclic) bond motifs is 1. The largest absolute Gasteiger partial charge is 0.463 e. The van der Waals surface area contributed by atoms with Crippen LogP contribution in [-0.4, -0.2) is 58.2 Å². The van der Waals surface area contributed by atoms with Crippen LogP contribution in [0.2, 0.25) is 0 Å². The molecule has 4 N–H and O–H groups in total. The van der Waals surface area contributed by atoms with Gasteiger partial charge in [0.1, 0.15) is 5.52 Å². The number of nitrogens with one attached hydrogen (secondary N) is 2. The number of anilines is 1. The lowest BCUT2D eigenvalue weighted by Crippen LogP contribution is -2.21. The number of H-pyrrole nitrogens is 1. The summed E-state index contributed by atoms with van der Waals surface area (Å²) in [5.74, 6) is 0.211. The summed E-state index contributed by atoms with van der Waals surface area (Å²) < 4.78 is 7.16. The van der Waals surface area contributed by atoms with Gasteiger partial charge in [-0.2, -0.15) is 9.97 Å². The Morgan fingerprint density at radius 3 is 2.61 bits per heavy atom. The van der Waals surface area contributed by atoms with Gasteiger partial charge >= 0.3 is 11.7 Å². The molecule has 0 aliphatic heterocycles. The summed E-state index contributed by atoms with van der Waals surface area (Å²) in [6, 6.07) is 8.42. The Labute approximate surface area is 182 Å². The first-order valence-electron chi connectivity index (χ1n) is 10.8. The molecule has 31 heavy (non-hydrogen) atoms. The van der Waals surface area contributed by atoms with Gasteiger partial charge in [-0.3, -0.25) is 4.57 Å². The fraction of sp³-hybridized carbons (Fsp3) is 0.500. The van der Waals surface area contributed by atoms with Crippen molar-refractivity contribution in [2.75, 3.05) is 39.5 Å². The standard InChI is InChI=1S/C22H33N7O2/c1-4-5-13-31-21-26-19(23)18-20(27-21)29(22(30)25-18)15-17-9-7-16(8-10-17)14-24-11-6-12-28(2)3/h7-10,24H,4-6,11-15H2,1-3H3,(H,25,30)(H2,23,26,27). The molecule has 0 amide bonds. The number of imidazole rings is 1. The van der Waals surface area contributed by atoms with Gasteiger partial charge in [-0.15, -0.1) is 0 Å². The van der Waals surface area contributed by atoms with Crippen molar-refractivity contribution in [3.05, 3.63) is 45.9 Å². The average molecular weight is 428 g/mol. The lowest BCUT2D eigenvalue weighted by molar-refractivity contribution is 0.286. The Balaban J connectivity index is 1.68. The van der Waals surface area contributed by atoms with E-state index in [9.17, 15) is 4.79 Å².